The van der Waals surface area contributed by atoms with Crippen molar-refractivity contribution < 1.29 is 0 Å². The van der Waals surface area contributed by atoms with Crippen LogP contribution in [-0.2, 0) is 0 Å². The van der Waals surface area contributed by atoms with Crippen molar-refractivity contribution >= 4 is 55.0 Å². The van der Waals surface area contributed by atoms with Gasteiger partial charge in [-0.25, -0.2) is 0 Å². The molecule has 0 aromatic carbocycles. The van der Waals surface area contributed by atoms with Crippen LogP contribution in [0.5, 0.6) is 0 Å². The van der Waals surface area contributed by atoms with Crippen LogP contribution in [-0.4, -0.2) is 26.7 Å². The molecule has 0 radical (unpaired) electrons. The van der Waals surface area contributed by atoms with Gasteiger partial charge in [0.1, 0.15) is 0 Å². The van der Waals surface area contributed by atoms with E-state index in [1.54, 1.807) is 0 Å². The second kappa shape index (κ2) is 2.28. The predicted molar refractivity (Wildman–Crippen MR) is 60.9 cm³/mol. The number of rotatable bonds is 1. The van der Waals surface area contributed by atoms with Crippen LogP contribution in [0.3, 0.4) is 0 Å². The van der Waals surface area contributed by atoms with Gasteiger partial charge in [0.05, 0.1) is 0 Å². The Hall–Kier alpha value is 2.02. The molecule has 0 fully saturated rings. The molecule has 0 bridgehead atoms. The summed E-state index contributed by atoms with van der Waals surface area (Å²) in [6.45, 7) is 7.85. The summed E-state index contributed by atoms with van der Waals surface area (Å²) >= 11 is 23.6. The van der Waals surface area contributed by atoms with Gasteiger partial charge < -0.3 is 0 Å². The Morgan fingerprint density at radius 3 is 0.800 bits per heavy atom. The van der Waals surface area contributed by atoms with Gasteiger partial charge in [-0.1, -0.05) is 0 Å². The van der Waals surface area contributed by atoms with Crippen LogP contribution in [0.4, 0.5) is 0 Å². The zero-order valence-electron chi connectivity index (χ0n) is 6.41. The minimum absolute atomic E-state index is 1.96. The first-order valence-corrected chi connectivity index (χ1v) is 13.3. The van der Waals surface area contributed by atoms with Crippen LogP contribution < -0.4 is 0 Å². The third-order valence-electron chi connectivity index (χ3n) is 1.21. The van der Waals surface area contributed by atoms with Crippen molar-refractivity contribution in [3.05, 3.63) is 0 Å². The average molecular weight is 264 g/mol. The maximum absolute atomic E-state index is 5.89. The average Bonchev–Trinajstić information content (AvgIpc) is 1.14. The topological polar surface area (TPSA) is 0 Å². The van der Waals surface area contributed by atoms with Crippen molar-refractivity contribution in [2.75, 3.05) is 26.7 Å². The first-order chi connectivity index (χ1) is 3.78. The molecule has 0 saturated heterocycles. The van der Waals surface area contributed by atoms with Gasteiger partial charge in [-0.2, -0.15) is 0 Å². The zero-order valence-corrected chi connectivity index (χ0v) is 11.2. The molecule has 0 atom stereocenters. The van der Waals surface area contributed by atoms with E-state index in [0.29, 0.717) is 0 Å². The fourth-order valence-corrected chi connectivity index (χ4v) is 0. The number of hydrogen-bond donors (Lipinski definition) is 0. The molecule has 66 valence electrons. The molecule has 0 unspecified atom stereocenters. The van der Waals surface area contributed by atoms with Gasteiger partial charge in [0, 0.05) is 0 Å². The second-order valence-corrected chi connectivity index (χ2v) is 33.8. The Bertz CT molecular complexity index is 121. The van der Waals surface area contributed by atoms with Gasteiger partial charge in [0.15, 0.2) is 0 Å². The van der Waals surface area contributed by atoms with E-state index in [-0.39, 0.29) is 0 Å². The first kappa shape index (κ1) is 12.0. The molecule has 0 aliphatic rings. The molecule has 0 saturated carbocycles. The van der Waals surface area contributed by atoms with E-state index in [1.807, 2.05) is 26.7 Å². The summed E-state index contributed by atoms with van der Waals surface area (Å²) in [4.78, 5) is 0. The fraction of sp³-hybridized carbons (Fsp3) is 1.00. The monoisotopic (exact) mass is 262 g/mol. The van der Waals surface area contributed by atoms with Crippen molar-refractivity contribution in [1.82, 2.24) is 0 Å². The summed E-state index contributed by atoms with van der Waals surface area (Å²) in [5, 5.41) is 0. The molecule has 0 heterocycles. The zero-order chi connectivity index (χ0) is 8.89. The molecule has 0 rings (SSSR count). The molecule has 0 aromatic rings. The van der Waals surface area contributed by atoms with Crippen LogP contribution in [0, 0.1) is 0 Å². The number of halogens is 4. The molecular weight excluding hydrogens is 252 g/mol. The van der Waals surface area contributed by atoms with Crippen LogP contribution in [0.15, 0.2) is 0 Å². The van der Waals surface area contributed by atoms with E-state index in [9.17, 15) is 0 Å². The third-order valence-corrected chi connectivity index (χ3v) is 32.7. The van der Waals surface area contributed by atoms with Crippen LogP contribution in [0.1, 0.15) is 0 Å². The maximum atomic E-state index is 5.89. The van der Waals surface area contributed by atoms with E-state index < -0.39 is 9.99 Å². The Kier molecular flexibility index (Phi) is 2.74. The van der Waals surface area contributed by atoms with Crippen molar-refractivity contribution in [1.29, 1.82) is 0 Å². The third kappa shape index (κ3) is 2.51. The van der Waals surface area contributed by atoms with Gasteiger partial charge in [-0.15, -0.1) is 0 Å². The Labute approximate surface area is 81.5 Å². The molecule has 0 aromatic heterocycles. The minimum atomic E-state index is -3.42. The van der Waals surface area contributed by atoms with Gasteiger partial charge in [0.2, 0.25) is 0 Å². The molecule has 6 heteroatoms. The Balaban J connectivity index is 5.05. The SMILES string of the molecule is CP(C)(C)(C)P(Cl)(Cl)(Cl)Cl. The van der Waals surface area contributed by atoms with Crippen molar-refractivity contribution in [3.8, 4) is 0 Å². The van der Waals surface area contributed by atoms with Crippen LogP contribution in [0.2, 0.25) is 0 Å². The first-order valence-electron chi connectivity index (χ1n) is 2.66. The molecular formula is C4H12Cl4P2. The van der Waals surface area contributed by atoms with E-state index in [4.69, 9.17) is 45.0 Å². The summed E-state index contributed by atoms with van der Waals surface area (Å²) < 4.78 is -3.42. The fourth-order valence-electron chi connectivity index (χ4n) is 0. The van der Waals surface area contributed by atoms with E-state index in [2.05, 4.69) is 0 Å². The molecule has 0 spiro atoms. The summed E-state index contributed by atoms with van der Waals surface area (Å²) in [5.74, 6) is 0. The van der Waals surface area contributed by atoms with Gasteiger partial charge in [-0.05, 0) is 0 Å². The number of hydrogen-bond acceptors (Lipinski definition) is 0. The van der Waals surface area contributed by atoms with Crippen LogP contribution in [0.25, 0.3) is 0 Å². The van der Waals surface area contributed by atoms with E-state index in [1.165, 1.54) is 0 Å². The Morgan fingerprint density at radius 2 is 0.800 bits per heavy atom. The standard InChI is InChI=1S/C4H12Cl4P2/c1-9(2,3,4)10(5,6,7)8/h1-4H3. The van der Waals surface area contributed by atoms with Crippen molar-refractivity contribution in [3.63, 3.8) is 0 Å². The van der Waals surface area contributed by atoms with Crippen molar-refractivity contribution in [2.45, 2.75) is 0 Å². The summed E-state index contributed by atoms with van der Waals surface area (Å²) in [6, 6.07) is 0. The second-order valence-electron chi connectivity index (χ2n) is 4.17. The molecule has 0 nitrogen and oxygen atoms in total. The van der Waals surface area contributed by atoms with Gasteiger partial charge in [0.25, 0.3) is 0 Å². The van der Waals surface area contributed by atoms with Crippen LogP contribution >= 0.6 is 55.0 Å². The van der Waals surface area contributed by atoms with E-state index in [0.717, 1.165) is 0 Å². The van der Waals surface area contributed by atoms with Gasteiger partial charge >= 0.3 is 81.6 Å². The quantitative estimate of drug-likeness (QED) is 0.575. The predicted octanol–water partition coefficient (Wildman–Crippen LogP) is 5.14. The molecule has 0 N–H and O–H groups in total. The Morgan fingerprint density at radius 1 is 0.700 bits per heavy atom. The molecule has 0 aliphatic heterocycles. The van der Waals surface area contributed by atoms with Crippen molar-refractivity contribution in [2.24, 2.45) is 0 Å². The molecule has 0 aliphatic carbocycles. The summed E-state index contributed by atoms with van der Waals surface area (Å²) in [5.41, 5.74) is 0. The molecule has 0 amide bonds. The summed E-state index contributed by atoms with van der Waals surface area (Å²) in [6.07, 6.45) is -2.25. The van der Waals surface area contributed by atoms with E-state index >= 15 is 0 Å². The molecule has 10 heavy (non-hydrogen) atoms. The van der Waals surface area contributed by atoms with Gasteiger partial charge in [-0.3, -0.25) is 0 Å². The normalized spacial score (nSPS) is 22.4. The summed E-state index contributed by atoms with van der Waals surface area (Å²) in [7, 11) is 0.